The second kappa shape index (κ2) is 5.47. The topological polar surface area (TPSA) is 59.0 Å². The molecule has 2 rings (SSSR count). The van der Waals surface area contributed by atoms with Crippen molar-refractivity contribution in [1.29, 1.82) is 0 Å². The quantitative estimate of drug-likeness (QED) is 0.892. The Hall–Kier alpha value is -2.51. The Morgan fingerprint density at radius 1 is 1.24 bits per heavy atom. The lowest BCUT2D eigenvalue weighted by Crippen LogP contribution is -2.20. The van der Waals surface area contributed by atoms with Crippen molar-refractivity contribution in [2.24, 2.45) is 7.05 Å². The van der Waals surface area contributed by atoms with Gasteiger partial charge in [-0.05, 0) is 25.1 Å². The lowest BCUT2D eigenvalue weighted by atomic mass is 10.2. The van der Waals surface area contributed by atoms with Crippen LogP contribution in [0.1, 0.15) is 11.3 Å². The number of aryl methyl sites for hydroxylation is 2. The van der Waals surface area contributed by atoms with Crippen LogP contribution in [0.25, 0.3) is 0 Å². The van der Waals surface area contributed by atoms with Gasteiger partial charge in [0, 0.05) is 24.5 Å². The average Bonchev–Trinajstić information content (AvgIpc) is 2.67. The van der Waals surface area contributed by atoms with Gasteiger partial charge in [0.2, 0.25) is 0 Å². The standard InChI is InChI=1S/C13H13F3N4O/c1-8-6-11(19-20(8)2)18-12(21)17-10-5-3-4-9(7-10)13(14,15)16/h3-7H,1-2H3,(H2,17,18,19,21). The van der Waals surface area contributed by atoms with Gasteiger partial charge < -0.3 is 5.32 Å². The van der Waals surface area contributed by atoms with Gasteiger partial charge in [-0.1, -0.05) is 6.07 Å². The fourth-order valence-corrected chi connectivity index (χ4v) is 1.67. The first-order valence-electron chi connectivity index (χ1n) is 6.01. The van der Waals surface area contributed by atoms with Gasteiger partial charge in [-0.2, -0.15) is 18.3 Å². The number of urea groups is 1. The Morgan fingerprint density at radius 2 is 1.95 bits per heavy atom. The van der Waals surface area contributed by atoms with Crippen LogP contribution in [0.3, 0.4) is 0 Å². The van der Waals surface area contributed by atoms with Crippen molar-refractivity contribution in [3.8, 4) is 0 Å². The monoisotopic (exact) mass is 298 g/mol. The molecule has 1 aromatic carbocycles. The Kier molecular flexibility index (Phi) is 3.88. The predicted molar refractivity (Wildman–Crippen MR) is 72.0 cm³/mol. The van der Waals surface area contributed by atoms with Gasteiger partial charge in [0.25, 0.3) is 0 Å². The molecular weight excluding hydrogens is 285 g/mol. The maximum atomic E-state index is 12.6. The summed E-state index contributed by atoms with van der Waals surface area (Å²) in [6, 6.07) is 5.38. The van der Waals surface area contributed by atoms with Gasteiger partial charge in [-0.25, -0.2) is 4.79 Å². The van der Waals surface area contributed by atoms with Gasteiger partial charge in [0.1, 0.15) is 0 Å². The lowest BCUT2D eigenvalue weighted by molar-refractivity contribution is -0.137. The zero-order chi connectivity index (χ0) is 15.6. The Balaban J connectivity index is 2.06. The molecule has 0 aliphatic heterocycles. The molecule has 0 radical (unpaired) electrons. The number of hydrogen-bond donors (Lipinski definition) is 2. The van der Waals surface area contributed by atoms with Crippen LogP contribution >= 0.6 is 0 Å². The average molecular weight is 298 g/mol. The summed E-state index contributed by atoms with van der Waals surface area (Å²) in [5, 5.41) is 8.79. The highest BCUT2D eigenvalue weighted by Crippen LogP contribution is 2.30. The SMILES string of the molecule is Cc1cc(NC(=O)Nc2cccc(C(F)(F)F)c2)nn1C. The van der Waals surface area contributed by atoms with Gasteiger partial charge >= 0.3 is 12.2 Å². The zero-order valence-corrected chi connectivity index (χ0v) is 11.3. The molecule has 8 heteroatoms. The normalized spacial score (nSPS) is 11.3. The fraction of sp³-hybridized carbons (Fsp3) is 0.231. The molecule has 0 bridgehead atoms. The van der Waals surface area contributed by atoms with E-state index in [9.17, 15) is 18.0 Å². The van der Waals surface area contributed by atoms with E-state index in [1.165, 1.54) is 12.1 Å². The third kappa shape index (κ3) is 3.74. The molecule has 2 amide bonds. The number of nitrogens with one attached hydrogen (secondary N) is 2. The molecule has 0 atom stereocenters. The van der Waals surface area contributed by atoms with Crippen molar-refractivity contribution in [1.82, 2.24) is 9.78 Å². The molecule has 5 nitrogen and oxygen atoms in total. The smallest absolute Gasteiger partial charge is 0.308 e. The number of hydrogen-bond acceptors (Lipinski definition) is 2. The number of alkyl halides is 3. The summed E-state index contributed by atoms with van der Waals surface area (Å²) in [5.41, 5.74) is 0.0633. The summed E-state index contributed by atoms with van der Waals surface area (Å²) in [4.78, 5) is 11.7. The number of halogens is 3. The van der Waals surface area contributed by atoms with Gasteiger partial charge in [0.05, 0.1) is 5.56 Å². The minimum absolute atomic E-state index is 0.0509. The summed E-state index contributed by atoms with van der Waals surface area (Å²) in [7, 11) is 1.71. The number of anilines is 2. The highest BCUT2D eigenvalue weighted by molar-refractivity contribution is 5.99. The summed E-state index contributed by atoms with van der Waals surface area (Å²) in [6.45, 7) is 1.81. The molecule has 2 aromatic rings. The third-order valence-electron chi connectivity index (χ3n) is 2.80. The van der Waals surface area contributed by atoms with E-state index >= 15 is 0 Å². The molecule has 0 saturated heterocycles. The van der Waals surface area contributed by atoms with Crippen LogP contribution in [0.15, 0.2) is 30.3 Å². The van der Waals surface area contributed by atoms with Gasteiger partial charge in [-0.15, -0.1) is 0 Å². The van der Waals surface area contributed by atoms with Crippen molar-refractivity contribution in [2.45, 2.75) is 13.1 Å². The first-order valence-corrected chi connectivity index (χ1v) is 6.01. The number of carbonyl (C=O) groups is 1. The van der Waals surface area contributed by atoms with Crippen LogP contribution in [-0.4, -0.2) is 15.8 Å². The van der Waals surface area contributed by atoms with Crippen LogP contribution in [-0.2, 0) is 13.2 Å². The maximum absolute atomic E-state index is 12.6. The van der Waals surface area contributed by atoms with Crippen molar-refractivity contribution >= 4 is 17.5 Å². The molecular formula is C13H13F3N4O. The van der Waals surface area contributed by atoms with E-state index in [0.29, 0.717) is 5.82 Å². The minimum atomic E-state index is -4.45. The first-order chi connectivity index (χ1) is 9.75. The summed E-state index contributed by atoms with van der Waals surface area (Å²) < 4.78 is 39.2. The van der Waals surface area contributed by atoms with Gasteiger partial charge in [0.15, 0.2) is 5.82 Å². The number of amides is 2. The molecule has 2 N–H and O–H groups in total. The van der Waals surface area contributed by atoms with E-state index in [4.69, 9.17) is 0 Å². The molecule has 0 aliphatic carbocycles. The molecule has 21 heavy (non-hydrogen) atoms. The van der Waals surface area contributed by atoms with E-state index < -0.39 is 17.8 Å². The molecule has 1 heterocycles. The van der Waals surface area contributed by atoms with Crippen LogP contribution in [0.2, 0.25) is 0 Å². The van der Waals surface area contributed by atoms with Crippen molar-refractivity contribution in [2.75, 3.05) is 10.6 Å². The van der Waals surface area contributed by atoms with Crippen molar-refractivity contribution in [3.05, 3.63) is 41.6 Å². The van der Waals surface area contributed by atoms with E-state index in [1.54, 1.807) is 17.8 Å². The molecule has 0 fully saturated rings. The Labute approximate surface area is 118 Å². The highest BCUT2D eigenvalue weighted by Gasteiger charge is 2.30. The Morgan fingerprint density at radius 3 is 2.52 bits per heavy atom. The molecule has 112 valence electrons. The predicted octanol–water partition coefficient (Wildman–Crippen LogP) is 3.39. The summed E-state index contributed by atoms with van der Waals surface area (Å²) in [6.07, 6.45) is -4.45. The van der Waals surface area contributed by atoms with Crippen LogP contribution in [0, 0.1) is 6.92 Å². The number of benzene rings is 1. The summed E-state index contributed by atoms with van der Waals surface area (Å²) >= 11 is 0. The van der Waals surface area contributed by atoms with E-state index in [-0.39, 0.29) is 5.69 Å². The number of rotatable bonds is 2. The third-order valence-corrected chi connectivity index (χ3v) is 2.80. The van der Waals surface area contributed by atoms with Crippen LogP contribution < -0.4 is 10.6 Å². The van der Waals surface area contributed by atoms with E-state index in [1.807, 2.05) is 6.92 Å². The molecule has 1 aromatic heterocycles. The van der Waals surface area contributed by atoms with E-state index in [2.05, 4.69) is 15.7 Å². The second-order valence-electron chi connectivity index (χ2n) is 4.45. The van der Waals surface area contributed by atoms with Crippen LogP contribution in [0.4, 0.5) is 29.5 Å². The molecule has 0 saturated carbocycles. The molecule has 0 spiro atoms. The van der Waals surface area contributed by atoms with Crippen LogP contribution in [0.5, 0.6) is 0 Å². The zero-order valence-electron chi connectivity index (χ0n) is 11.3. The summed E-state index contributed by atoms with van der Waals surface area (Å²) in [5.74, 6) is 0.319. The minimum Gasteiger partial charge on any atom is -0.308 e. The molecule has 0 aliphatic rings. The lowest BCUT2D eigenvalue weighted by Gasteiger charge is -2.09. The highest BCUT2D eigenvalue weighted by atomic mass is 19.4. The number of aromatic nitrogens is 2. The number of nitrogens with zero attached hydrogens (tertiary/aromatic N) is 2. The first kappa shape index (κ1) is 14.9. The maximum Gasteiger partial charge on any atom is 0.416 e. The second-order valence-corrected chi connectivity index (χ2v) is 4.45. The number of carbonyl (C=O) groups excluding carboxylic acids is 1. The van der Waals surface area contributed by atoms with Gasteiger partial charge in [-0.3, -0.25) is 10.00 Å². The van der Waals surface area contributed by atoms with Crippen molar-refractivity contribution in [3.63, 3.8) is 0 Å². The molecule has 0 unspecified atom stereocenters. The fourth-order valence-electron chi connectivity index (χ4n) is 1.67. The largest absolute Gasteiger partial charge is 0.416 e. The van der Waals surface area contributed by atoms with Crippen molar-refractivity contribution < 1.29 is 18.0 Å². The Bertz CT molecular complexity index is 644. The van der Waals surface area contributed by atoms with E-state index in [0.717, 1.165) is 17.8 Å².